The molecule has 0 bridgehead atoms. The van der Waals surface area contributed by atoms with Gasteiger partial charge in [-0.1, -0.05) is 30.3 Å². The standard InChI is InChI=1S/C26H21N7O2/c27-12-19(16-4-2-1-3-5-16)17-7-10-33(11-8-17)26(35)25(34)20-13-31-23-18(6-9-30-24(20)23)21-14-29-15-22(28)32-21/h1-6,9,13-15,31H,7-8,10-11H2,(H2,28,32). The predicted molar refractivity (Wildman–Crippen MR) is 131 cm³/mol. The number of hydrogen-bond donors (Lipinski definition) is 2. The number of allylic oxidation sites excluding steroid dienone is 1. The number of benzene rings is 1. The highest BCUT2D eigenvalue weighted by Crippen LogP contribution is 2.29. The summed E-state index contributed by atoms with van der Waals surface area (Å²) in [7, 11) is 0. The van der Waals surface area contributed by atoms with Crippen LogP contribution in [0.25, 0.3) is 27.9 Å². The molecule has 0 aliphatic carbocycles. The van der Waals surface area contributed by atoms with Gasteiger partial charge in [0.15, 0.2) is 0 Å². The summed E-state index contributed by atoms with van der Waals surface area (Å²) < 4.78 is 0. The lowest BCUT2D eigenvalue weighted by Gasteiger charge is -2.28. The summed E-state index contributed by atoms with van der Waals surface area (Å²) in [6.07, 6.45) is 7.16. The molecular formula is C26H21N7O2. The molecule has 5 rings (SSSR count). The van der Waals surface area contributed by atoms with Crippen LogP contribution in [0.5, 0.6) is 0 Å². The molecule has 1 aromatic carbocycles. The number of fused-ring (bicyclic) bond motifs is 1. The van der Waals surface area contributed by atoms with Crippen molar-refractivity contribution in [2.75, 3.05) is 18.8 Å². The van der Waals surface area contributed by atoms with Crippen molar-refractivity contribution in [3.63, 3.8) is 0 Å². The molecule has 0 spiro atoms. The highest BCUT2D eigenvalue weighted by Gasteiger charge is 2.29. The quantitative estimate of drug-likeness (QED) is 0.268. The second-order valence-electron chi connectivity index (χ2n) is 8.19. The molecule has 9 nitrogen and oxygen atoms in total. The Morgan fingerprint density at radius 3 is 2.57 bits per heavy atom. The molecule has 3 N–H and O–H groups in total. The Morgan fingerprint density at radius 1 is 1.09 bits per heavy atom. The first-order valence-corrected chi connectivity index (χ1v) is 11.1. The maximum atomic E-state index is 13.2. The zero-order valence-electron chi connectivity index (χ0n) is 18.7. The average molecular weight is 464 g/mol. The number of carbonyl (C=O) groups excluding carboxylic acids is 2. The molecular weight excluding hydrogens is 442 g/mol. The van der Waals surface area contributed by atoms with Crippen molar-refractivity contribution in [3.05, 3.63) is 77.9 Å². The van der Waals surface area contributed by atoms with Crippen LogP contribution in [0, 0.1) is 11.3 Å². The number of aromatic nitrogens is 4. The van der Waals surface area contributed by atoms with Crippen LogP contribution < -0.4 is 5.73 Å². The zero-order chi connectivity index (χ0) is 24.4. The maximum Gasteiger partial charge on any atom is 0.295 e. The fourth-order valence-corrected chi connectivity index (χ4v) is 4.36. The largest absolute Gasteiger partial charge is 0.382 e. The van der Waals surface area contributed by atoms with Crippen LogP contribution in [0.4, 0.5) is 5.82 Å². The number of nitrogens with two attached hydrogens (primary N) is 1. The number of carbonyl (C=O) groups is 2. The third-order valence-electron chi connectivity index (χ3n) is 6.12. The summed E-state index contributed by atoms with van der Waals surface area (Å²) in [5.41, 5.74) is 10.6. The van der Waals surface area contributed by atoms with Gasteiger partial charge in [-0.15, -0.1) is 0 Å². The van der Waals surface area contributed by atoms with Gasteiger partial charge in [-0.3, -0.25) is 19.6 Å². The van der Waals surface area contributed by atoms with Crippen LogP contribution in [0.3, 0.4) is 0 Å². The smallest absolute Gasteiger partial charge is 0.295 e. The Labute approximate surface area is 200 Å². The first-order chi connectivity index (χ1) is 17.1. The number of nitriles is 1. The number of aromatic amines is 1. The van der Waals surface area contributed by atoms with Crippen LogP contribution in [0.1, 0.15) is 28.8 Å². The Balaban J connectivity index is 1.37. The van der Waals surface area contributed by atoms with Crippen LogP contribution in [0.2, 0.25) is 0 Å². The van der Waals surface area contributed by atoms with E-state index < -0.39 is 11.7 Å². The van der Waals surface area contributed by atoms with Crippen LogP contribution in [-0.4, -0.2) is 49.6 Å². The number of amides is 1. The van der Waals surface area contributed by atoms with Gasteiger partial charge < -0.3 is 15.6 Å². The normalized spacial score (nSPS) is 13.5. The van der Waals surface area contributed by atoms with Gasteiger partial charge >= 0.3 is 0 Å². The van der Waals surface area contributed by atoms with E-state index in [0.29, 0.717) is 53.8 Å². The number of anilines is 1. The minimum absolute atomic E-state index is 0.201. The zero-order valence-corrected chi connectivity index (χ0v) is 18.7. The summed E-state index contributed by atoms with van der Waals surface area (Å²) in [5, 5.41) is 9.67. The third kappa shape index (κ3) is 4.13. The van der Waals surface area contributed by atoms with Crippen LogP contribution in [-0.2, 0) is 4.79 Å². The first kappa shape index (κ1) is 22.0. The fraction of sp³-hybridized carbons (Fsp3) is 0.154. The second-order valence-corrected chi connectivity index (χ2v) is 8.19. The molecule has 0 radical (unpaired) electrons. The van der Waals surface area contributed by atoms with Gasteiger partial charge in [-0.05, 0) is 30.0 Å². The van der Waals surface area contributed by atoms with Crippen LogP contribution in [0.15, 0.2) is 66.8 Å². The number of pyridine rings is 1. The van der Waals surface area contributed by atoms with E-state index in [1.807, 2.05) is 30.3 Å². The Bertz CT molecular complexity index is 1510. The van der Waals surface area contributed by atoms with Gasteiger partial charge in [-0.25, -0.2) is 4.98 Å². The monoisotopic (exact) mass is 463 g/mol. The molecule has 1 aliphatic rings. The number of nitrogens with zero attached hydrogens (tertiary/aromatic N) is 5. The number of piperidine rings is 1. The van der Waals surface area contributed by atoms with Crippen molar-refractivity contribution in [2.24, 2.45) is 0 Å². The molecule has 4 aromatic rings. The molecule has 1 amide bonds. The molecule has 9 heteroatoms. The lowest BCUT2D eigenvalue weighted by atomic mass is 9.93. The molecule has 4 heterocycles. The lowest BCUT2D eigenvalue weighted by molar-refractivity contribution is -0.126. The van der Waals surface area contributed by atoms with Gasteiger partial charge in [-0.2, -0.15) is 5.26 Å². The summed E-state index contributed by atoms with van der Waals surface area (Å²) in [4.78, 5) is 43.5. The van der Waals surface area contributed by atoms with Gasteiger partial charge in [0.05, 0.1) is 46.3 Å². The van der Waals surface area contributed by atoms with Crippen molar-refractivity contribution < 1.29 is 9.59 Å². The van der Waals surface area contributed by atoms with Gasteiger partial charge in [0, 0.05) is 31.0 Å². The summed E-state index contributed by atoms with van der Waals surface area (Å²) in [6, 6.07) is 13.5. The van der Waals surface area contributed by atoms with Gasteiger partial charge in [0.25, 0.3) is 11.7 Å². The van der Waals surface area contributed by atoms with E-state index in [-0.39, 0.29) is 11.4 Å². The molecule has 1 fully saturated rings. The fourth-order valence-electron chi connectivity index (χ4n) is 4.36. The lowest BCUT2D eigenvalue weighted by Crippen LogP contribution is -2.40. The molecule has 35 heavy (non-hydrogen) atoms. The van der Waals surface area contributed by atoms with Crippen LogP contribution >= 0.6 is 0 Å². The number of rotatable bonds is 4. The van der Waals surface area contributed by atoms with Crippen molar-refractivity contribution in [3.8, 4) is 17.3 Å². The van der Waals surface area contributed by atoms with E-state index in [1.54, 1.807) is 18.5 Å². The molecule has 0 atom stereocenters. The van der Waals surface area contributed by atoms with E-state index >= 15 is 0 Å². The number of hydrogen-bond acceptors (Lipinski definition) is 7. The highest BCUT2D eigenvalue weighted by atomic mass is 16.2. The van der Waals surface area contributed by atoms with Gasteiger partial charge in [0.1, 0.15) is 5.82 Å². The number of H-pyrrole nitrogens is 1. The molecule has 0 unspecified atom stereocenters. The summed E-state index contributed by atoms with van der Waals surface area (Å²) in [5.74, 6) is -0.939. The summed E-state index contributed by atoms with van der Waals surface area (Å²) >= 11 is 0. The second kappa shape index (κ2) is 9.19. The van der Waals surface area contributed by atoms with Gasteiger partial charge in [0.2, 0.25) is 0 Å². The molecule has 1 saturated heterocycles. The van der Waals surface area contributed by atoms with E-state index in [2.05, 4.69) is 26.0 Å². The first-order valence-electron chi connectivity index (χ1n) is 11.1. The maximum absolute atomic E-state index is 13.2. The molecule has 3 aromatic heterocycles. The van der Waals surface area contributed by atoms with E-state index in [1.165, 1.54) is 17.3 Å². The minimum atomic E-state index is -0.629. The molecule has 1 aliphatic heterocycles. The van der Waals surface area contributed by atoms with Crippen molar-refractivity contribution in [1.29, 1.82) is 5.26 Å². The summed E-state index contributed by atoms with van der Waals surface area (Å²) in [6.45, 7) is 0.746. The topological polar surface area (TPSA) is 142 Å². The number of Topliss-reactive ketones (excluding diaryl/α,β-unsaturated/α-hetero) is 1. The van der Waals surface area contributed by atoms with E-state index in [4.69, 9.17) is 5.73 Å². The average Bonchev–Trinajstić information content (AvgIpc) is 3.34. The number of likely N-dealkylation sites (tertiary alicyclic amines) is 1. The third-order valence-corrected chi connectivity index (χ3v) is 6.12. The Morgan fingerprint density at radius 2 is 1.86 bits per heavy atom. The Hall–Kier alpha value is -4.84. The highest BCUT2D eigenvalue weighted by molar-refractivity contribution is 6.44. The Kier molecular flexibility index (Phi) is 5.77. The molecule has 172 valence electrons. The predicted octanol–water partition coefficient (Wildman–Crippen LogP) is 3.38. The SMILES string of the molecule is N#CC(=C1CCN(C(=O)C(=O)c2c[nH]c3c(-c4cncc(N)n4)ccnc23)CC1)c1ccccc1. The number of nitrogen functional groups attached to an aromatic ring is 1. The van der Waals surface area contributed by atoms with Crippen molar-refractivity contribution >= 4 is 34.1 Å². The molecule has 0 saturated carbocycles. The number of ketones is 1. The van der Waals surface area contributed by atoms with Crippen molar-refractivity contribution in [2.45, 2.75) is 12.8 Å². The van der Waals surface area contributed by atoms with E-state index in [0.717, 1.165) is 11.1 Å². The minimum Gasteiger partial charge on any atom is -0.382 e. The van der Waals surface area contributed by atoms with E-state index in [9.17, 15) is 14.9 Å². The number of nitrogens with one attached hydrogen (secondary N) is 1. The van der Waals surface area contributed by atoms with Crippen molar-refractivity contribution in [1.82, 2.24) is 24.8 Å².